The Morgan fingerprint density at radius 3 is 2.56 bits per heavy atom. The maximum absolute atomic E-state index is 10.4. The molecule has 1 heterocycles. The molecule has 88 valence electrons. The third-order valence-corrected chi connectivity index (χ3v) is 3.68. The SMILES string of the molecule is CC(C)C1(O)CCN(Cc2ccccc2)C1. The fourth-order valence-corrected chi connectivity index (χ4v) is 2.34. The van der Waals surface area contributed by atoms with Crippen molar-refractivity contribution in [1.82, 2.24) is 4.90 Å². The van der Waals surface area contributed by atoms with Crippen LogP contribution >= 0.6 is 0 Å². The Labute approximate surface area is 97.9 Å². The van der Waals surface area contributed by atoms with Gasteiger partial charge in [-0.1, -0.05) is 44.2 Å². The van der Waals surface area contributed by atoms with Crippen molar-refractivity contribution in [1.29, 1.82) is 0 Å². The average Bonchev–Trinajstić information content (AvgIpc) is 2.63. The van der Waals surface area contributed by atoms with Gasteiger partial charge in [0.2, 0.25) is 0 Å². The maximum atomic E-state index is 10.4. The van der Waals surface area contributed by atoms with E-state index in [9.17, 15) is 5.11 Å². The van der Waals surface area contributed by atoms with Crippen LogP contribution in [0.5, 0.6) is 0 Å². The molecule has 1 aliphatic rings. The molecule has 1 aromatic rings. The van der Waals surface area contributed by atoms with E-state index in [2.05, 4.69) is 43.0 Å². The van der Waals surface area contributed by atoms with Crippen LogP contribution in [-0.2, 0) is 6.54 Å². The smallest absolute Gasteiger partial charge is 0.0809 e. The number of rotatable bonds is 3. The highest BCUT2D eigenvalue weighted by molar-refractivity contribution is 5.15. The first-order valence-electron chi connectivity index (χ1n) is 6.09. The minimum Gasteiger partial charge on any atom is -0.388 e. The summed E-state index contributed by atoms with van der Waals surface area (Å²) in [5.41, 5.74) is 0.852. The van der Waals surface area contributed by atoms with Gasteiger partial charge < -0.3 is 5.11 Å². The average molecular weight is 219 g/mol. The molecule has 0 spiro atoms. The predicted octanol–water partition coefficient (Wildman–Crippen LogP) is 2.28. The van der Waals surface area contributed by atoms with Crippen molar-refractivity contribution in [2.75, 3.05) is 13.1 Å². The maximum Gasteiger partial charge on any atom is 0.0809 e. The monoisotopic (exact) mass is 219 g/mol. The van der Waals surface area contributed by atoms with E-state index in [-0.39, 0.29) is 0 Å². The lowest BCUT2D eigenvalue weighted by Gasteiger charge is -2.27. The molecule has 0 bridgehead atoms. The van der Waals surface area contributed by atoms with E-state index in [1.165, 1.54) is 5.56 Å². The largest absolute Gasteiger partial charge is 0.388 e. The van der Waals surface area contributed by atoms with Gasteiger partial charge in [0.25, 0.3) is 0 Å². The number of nitrogens with zero attached hydrogens (tertiary/aromatic N) is 1. The lowest BCUT2D eigenvalue weighted by atomic mass is 9.90. The molecule has 16 heavy (non-hydrogen) atoms. The van der Waals surface area contributed by atoms with Gasteiger partial charge >= 0.3 is 0 Å². The first-order valence-corrected chi connectivity index (χ1v) is 6.09. The molecule has 1 aliphatic heterocycles. The van der Waals surface area contributed by atoms with E-state index >= 15 is 0 Å². The number of benzene rings is 1. The third kappa shape index (κ3) is 2.45. The Bertz CT molecular complexity index is 336. The normalized spacial score (nSPS) is 26.5. The highest BCUT2D eigenvalue weighted by Gasteiger charge is 2.38. The molecular formula is C14H21NO. The van der Waals surface area contributed by atoms with Crippen molar-refractivity contribution in [3.63, 3.8) is 0 Å². The van der Waals surface area contributed by atoms with E-state index < -0.39 is 5.60 Å². The summed E-state index contributed by atoms with van der Waals surface area (Å²) in [6.07, 6.45) is 0.900. The molecular weight excluding hydrogens is 198 g/mol. The molecule has 0 aliphatic carbocycles. The molecule has 0 saturated carbocycles. The van der Waals surface area contributed by atoms with Crippen molar-refractivity contribution < 1.29 is 5.11 Å². The fraction of sp³-hybridized carbons (Fsp3) is 0.571. The van der Waals surface area contributed by atoms with Crippen LogP contribution in [0.25, 0.3) is 0 Å². The van der Waals surface area contributed by atoms with Crippen LogP contribution in [0.1, 0.15) is 25.8 Å². The molecule has 2 nitrogen and oxygen atoms in total. The van der Waals surface area contributed by atoms with Crippen LogP contribution in [0.2, 0.25) is 0 Å². The minimum absolute atomic E-state index is 0.341. The van der Waals surface area contributed by atoms with Crippen LogP contribution in [0.15, 0.2) is 30.3 Å². The molecule has 1 aromatic carbocycles. The zero-order valence-corrected chi connectivity index (χ0v) is 10.2. The Hall–Kier alpha value is -0.860. The van der Waals surface area contributed by atoms with Crippen molar-refractivity contribution in [2.24, 2.45) is 5.92 Å². The molecule has 1 unspecified atom stereocenters. The van der Waals surface area contributed by atoms with Crippen molar-refractivity contribution in [3.8, 4) is 0 Å². The second-order valence-corrected chi connectivity index (χ2v) is 5.20. The summed E-state index contributed by atoms with van der Waals surface area (Å²) in [6.45, 7) is 6.97. The van der Waals surface area contributed by atoms with Crippen LogP contribution < -0.4 is 0 Å². The first-order chi connectivity index (χ1) is 7.60. The van der Waals surface area contributed by atoms with Crippen molar-refractivity contribution >= 4 is 0 Å². The van der Waals surface area contributed by atoms with Crippen LogP contribution in [0.3, 0.4) is 0 Å². The highest BCUT2D eigenvalue weighted by atomic mass is 16.3. The number of likely N-dealkylation sites (tertiary alicyclic amines) is 1. The van der Waals surface area contributed by atoms with Gasteiger partial charge in [0.1, 0.15) is 0 Å². The molecule has 1 saturated heterocycles. The Kier molecular flexibility index (Phi) is 3.31. The second-order valence-electron chi connectivity index (χ2n) is 5.20. The van der Waals surface area contributed by atoms with E-state index in [4.69, 9.17) is 0 Å². The number of hydrogen-bond donors (Lipinski definition) is 1. The summed E-state index contributed by atoms with van der Waals surface area (Å²) in [5.74, 6) is 0.341. The third-order valence-electron chi connectivity index (χ3n) is 3.68. The molecule has 0 aromatic heterocycles. The van der Waals surface area contributed by atoms with Crippen LogP contribution in [0.4, 0.5) is 0 Å². The molecule has 0 radical (unpaired) electrons. The van der Waals surface area contributed by atoms with E-state index in [0.717, 1.165) is 26.1 Å². The molecule has 2 rings (SSSR count). The van der Waals surface area contributed by atoms with E-state index in [0.29, 0.717) is 5.92 Å². The van der Waals surface area contributed by atoms with Gasteiger partial charge in [0, 0.05) is 19.6 Å². The number of aliphatic hydroxyl groups is 1. The summed E-state index contributed by atoms with van der Waals surface area (Å²) < 4.78 is 0. The van der Waals surface area contributed by atoms with Crippen molar-refractivity contribution in [3.05, 3.63) is 35.9 Å². The van der Waals surface area contributed by atoms with Gasteiger partial charge in [-0.15, -0.1) is 0 Å². The minimum atomic E-state index is -0.477. The predicted molar refractivity (Wildman–Crippen MR) is 66.1 cm³/mol. The summed E-state index contributed by atoms with van der Waals surface area (Å²) in [5, 5.41) is 10.4. The van der Waals surface area contributed by atoms with Gasteiger partial charge in [-0.2, -0.15) is 0 Å². The standard InChI is InChI=1S/C14H21NO/c1-12(2)14(16)8-9-15(11-14)10-13-6-4-3-5-7-13/h3-7,12,16H,8-11H2,1-2H3. The van der Waals surface area contributed by atoms with Gasteiger partial charge in [0.05, 0.1) is 5.60 Å². The van der Waals surface area contributed by atoms with Crippen LogP contribution in [0, 0.1) is 5.92 Å². The molecule has 2 heteroatoms. The lowest BCUT2D eigenvalue weighted by Crippen LogP contribution is -2.38. The second kappa shape index (κ2) is 4.56. The van der Waals surface area contributed by atoms with E-state index in [1.807, 2.05) is 6.07 Å². The quantitative estimate of drug-likeness (QED) is 0.843. The topological polar surface area (TPSA) is 23.5 Å². The summed E-state index contributed by atoms with van der Waals surface area (Å²) >= 11 is 0. The molecule has 0 amide bonds. The number of hydrogen-bond acceptors (Lipinski definition) is 2. The Morgan fingerprint density at radius 2 is 2.00 bits per heavy atom. The molecule has 1 N–H and O–H groups in total. The summed E-state index contributed by atoms with van der Waals surface area (Å²) in [6, 6.07) is 10.5. The van der Waals surface area contributed by atoms with Gasteiger partial charge in [-0.05, 0) is 17.9 Å². The highest BCUT2D eigenvalue weighted by Crippen LogP contribution is 2.29. The van der Waals surface area contributed by atoms with Crippen LogP contribution in [-0.4, -0.2) is 28.7 Å². The van der Waals surface area contributed by atoms with E-state index in [1.54, 1.807) is 0 Å². The summed E-state index contributed by atoms with van der Waals surface area (Å²) in [7, 11) is 0. The Balaban J connectivity index is 1.95. The Morgan fingerprint density at radius 1 is 1.31 bits per heavy atom. The summed E-state index contributed by atoms with van der Waals surface area (Å²) in [4.78, 5) is 2.34. The van der Waals surface area contributed by atoms with Gasteiger partial charge in [0.15, 0.2) is 0 Å². The number of β-amino-alcohol motifs (C(OH)–C–C–N with tert-alkyl or cyclic N) is 1. The lowest BCUT2D eigenvalue weighted by molar-refractivity contribution is 0.00424. The molecule has 1 fully saturated rings. The van der Waals surface area contributed by atoms with Gasteiger partial charge in [-0.25, -0.2) is 0 Å². The van der Waals surface area contributed by atoms with Crippen molar-refractivity contribution in [2.45, 2.75) is 32.4 Å². The molecule has 1 atom stereocenters. The zero-order valence-electron chi connectivity index (χ0n) is 10.2. The van der Waals surface area contributed by atoms with Gasteiger partial charge in [-0.3, -0.25) is 4.90 Å². The zero-order chi connectivity index (χ0) is 11.6. The first kappa shape index (κ1) is 11.6. The fourth-order valence-electron chi connectivity index (χ4n) is 2.34.